The third kappa shape index (κ3) is 5.70. The van der Waals surface area contributed by atoms with Gasteiger partial charge in [0.15, 0.2) is 0 Å². The van der Waals surface area contributed by atoms with Crippen LogP contribution in [-0.4, -0.2) is 49.9 Å². The summed E-state index contributed by atoms with van der Waals surface area (Å²) in [7, 11) is -3.46. The van der Waals surface area contributed by atoms with E-state index in [0.717, 1.165) is 0 Å². The Morgan fingerprint density at radius 1 is 1.27 bits per heavy atom. The number of hydrogen-bond donors (Lipinski definition) is 3. The number of nitrogens with one attached hydrogen (secondary N) is 2. The van der Waals surface area contributed by atoms with E-state index in [9.17, 15) is 18.0 Å². The van der Waals surface area contributed by atoms with Gasteiger partial charge >= 0.3 is 5.97 Å². The summed E-state index contributed by atoms with van der Waals surface area (Å²) in [5.74, 6) is -1.44. The number of carbonyl (C=O) groups excluding carboxylic acids is 1. The summed E-state index contributed by atoms with van der Waals surface area (Å²) in [4.78, 5) is 23.8. The Kier molecular flexibility index (Phi) is 6.60. The van der Waals surface area contributed by atoms with Gasteiger partial charge in [-0.15, -0.1) is 0 Å². The van der Waals surface area contributed by atoms with Crippen molar-refractivity contribution in [3.63, 3.8) is 0 Å². The molecular formula is C17H24N2O6S. The van der Waals surface area contributed by atoms with E-state index in [1.165, 1.54) is 6.07 Å². The summed E-state index contributed by atoms with van der Waals surface area (Å²) in [5.41, 5.74) is -0.304. The molecule has 144 valence electrons. The maximum atomic E-state index is 12.6. The van der Waals surface area contributed by atoms with Crippen molar-refractivity contribution < 1.29 is 27.9 Å². The van der Waals surface area contributed by atoms with Crippen molar-refractivity contribution >= 4 is 27.6 Å². The van der Waals surface area contributed by atoms with Crippen LogP contribution in [0.2, 0.25) is 0 Å². The Morgan fingerprint density at radius 3 is 2.58 bits per heavy atom. The van der Waals surface area contributed by atoms with Crippen molar-refractivity contribution in [2.45, 2.75) is 38.1 Å². The molecule has 26 heavy (non-hydrogen) atoms. The quantitative estimate of drug-likeness (QED) is 0.626. The highest BCUT2D eigenvalue weighted by Gasteiger charge is 2.36. The molecule has 1 aromatic carbocycles. The second-order valence-electron chi connectivity index (χ2n) is 6.42. The van der Waals surface area contributed by atoms with E-state index in [1.807, 2.05) is 0 Å². The lowest BCUT2D eigenvalue weighted by molar-refractivity contribution is -0.139. The molecule has 1 aromatic rings. The topological polar surface area (TPSA) is 122 Å². The molecule has 0 aliphatic carbocycles. The van der Waals surface area contributed by atoms with Crippen LogP contribution in [0, 0.1) is 0 Å². The van der Waals surface area contributed by atoms with Gasteiger partial charge in [0, 0.05) is 24.5 Å². The molecule has 2 rings (SSSR count). The first-order valence-electron chi connectivity index (χ1n) is 8.48. The van der Waals surface area contributed by atoms with Crippen LogP contribution in [0.1, 0.15) is 43.0 Å². The number of carboxylic acids is 1. The minimum Gasteiger partial charge on any atom is -0.481 e. The largest absolute Gasteiger partial charge is 0.481 e. The summed E-state index contributed by atoms with van der Waals surface area (Å²) in [6.07, 6.45) is 1.11. The highest BCUT2D eigenvalue weighted by molar-refractivity contribution is 7.92. The number of carbonyl (C=O) groups is 2. The Hall–Kier alpha value is -2.13. The van der Waals surface area contributed by atoms with Crippen LogP contribution < -0.4 is 10.0 Å². The van der Waals surface area contributed by atoms with Crippen LogP contribution in [0.3, 0.4) is 0 Å². The monoisotopic (exact) mass is 384 g/mol. The summed E-state index contributed by atoms with van der Waals surface area (Å²) < 4.78 is 31.5. The van der Waals surface area contributed by atoms with Crippen molar-refractivity contribution in [3.8, 4) is 0 Å². The molecule has 1 fully saturated rings. The second-order valence-corrected chi connectivity index (χ2v) is 8.26. The zero-order valence-electron chi connectivity index (χ0n) is 14.7. The van der Waals surface area contributed by atoms with Crippen LogP contribution in [0.4, 0.5) is 5.69 Å². The molecule has 1 saturated heterocycles. The van der Waals surface area contributed by atoms with Crippen molar-refractivity contribution in [2.24, 2.45) is 0 Å². The van der Waals surface area contributed by atoms with Gasteiger partial charge in [0.05, 0.1) is 17.7 Å². The molecule has 8 nitrogen and oxygen atoms in total. The zero-order valence-corrected chi connectivity index (χ0v) is 15.5. The van der Waals surface area contributed by atoms with Gasteiger partial charge in [-0.05, 0) is 37.5 Å². The molecule has 0 spiro atoms. The first-order chi connectivity index (χ1) is 12.3. The van der Waals surface area contributed by atoms with Gasteiger partial charge < -0.3 is 15.2 Å². The van der Waals surface area contributed by atoms with Crippen molar-refractivity contribution in [1.29, 1.82) is 0 Å². The zero-order chi connectivity index (χ0) is 19.2. The Balaban J connectivity index is 2.15. The Bertz CT molecular complexity index is 756. The highest BCUT2D eigenvalue weighted by atomic mass is 32.2. The predicted octanol–water partition coefficient (Wildman–Crippen LogP) is 1.59. The lowest BCUT2D eigenvalue weighted by Crippen LogP contribution is -2.53. The number of ether oxygens (including phenoxy) is 1. The van der Waals surface area contributed by atoms with Crippen molar-refractivity contribution in [2.75, 3.05) is 23.7 Å². The normalized spacial score (nSPS) is 16.7. The molecule has 1 aliphatic heterocycles. The van der Waals surface area contributed by atoms with E-state index in [2.05, 4.69) is 10.0 Å². The number of hydrogen-bond acceptors (Lipinski definition) is 5. The molecule has 0 bridgehead atoms. The van der Waals surface area contributed by atoms with Crippen LogP contribution in [0.5, 0.6) is 0 Å². The number of benzene rings is 1. The van der Waals surface area contributed by atoms with Gasteiger partial charge in [-0.25, -0.2) is 8.42 Å². The fraction of sp³-hybridized carbons (Fsp3) is 0.529. The van der Waals surface area contributed by atoms with Crippen LogP contribution >= 0.6 is 0 Å². The van der Waals surface area contributed by atoms with Crippen LogP contribution in [-0.2, 0) is 19.6 Å². The van der Waals surface area contributed by atoms with E-state index in [-0.39, 0.29) is 17.7 Å². The standard InChI is InChI=1S/C17H24N2O6S/c1-2-10-26(23,24)19-14-5-3-4-13(11-14)16(22)18-17(12-15(20)21)6-8-25-9-7-17/h3-5,11,19H,2,6-10,12H2,1H3,(H,18,22)(H,20,21). The van der Waals surface area contributed by atoms with E-state index >= 15 is 0 Å². The molecule has 0 aromatic heterocycles. The van der Waals surface area contributed by atoms with Gasteiger partial charge in [0.2, 0.25) is 10.0 Å². The second kappa shape index (κ2) is 8.50. The van der Waals surface area contributed by atoms with Gasteiger partial charge in [-0.3, -0.25) is 14.3 Å². The number of aliphatic carboxylic acids is 1. The van der Waals surface area contributed by atoms with Crippen LogP contribution in [0.25, 0.3) is 0 Å². The van der Waals surface area contributed by atoms with E-state index in [0.29, 0.717) is 38.2 Å². The molecular weight excluding hydrogens is 360 g/mol. The molecule has 0 saturated carbocycles. The molecule has 1 heterocycles. The molecule has 1 amide bonds. The molecule has 0 radical (unpaired) electrons. The number of anilines is 1. The fourth-order valence-corrected chi connectivity index (χ4v) is 4.06. The summed E-state index contributed by atoms with van der Waals surface area (Å²) in [6, 6.07) is 6.13. The van der Waals surface area contributed by atoms with E-state index in [1.54, 1.807) is 25.1 Å². The lowest BCUT2D eigenvalue weighted by atomic mass is 9.86. The molecule has 0 atom stereocenters. The summed E-state index contributed by atoms with van der Waals surface area (Å²) >= 11 is 0. The highest BCUT2D eigenvalue weighted by Crippen LogP contribution is 2.25. The third-order valence-electron chi connectivity index (χ3n) is 4.19. The molecule has 1 aliphatic rings. The average molecular weight is 384 g/mol. The van der Waals surface area contributed by atoms with Crippen LogP contribution in [0.15, 0.2) is 24.3 Å². The summed E-state index contributed by atoms with van der Waals surface area (Å²) in [5, 5.41) is 12.0. The number of rotatable bonds is 8. The fourth-order valence-electron chi connectivity index (χ4n) is 2.93. The number of sulfonamides is 1. The van der Waals surface area contributed by atoms with Gasteiger partial charge in [0.1, 0.15) is 0 Å². The van der Waals surface area contributed by atoms with E-state index < -0.39 is 27.4 Å². The first kappa shape index (κ1) is 20.2. The number of amides is 1. The van der Waals surface area contributed by atoms with Gasteiger partial charge in [-0.1, -0.05) is 13.0 Å². The van der Waals surface area contributed by atoms with Gasteiger partial charge in [0.25, 0.3) is 5.91 Å². The predicted molar refractivity (Wildman–Crippen MR) is 96.6 cm³/mol. The Morgan fingerprint density at radius 2 is 1.96 bits per heavy atom. The van der Waals surface area contributed by atoms with Crippen molar-refractivity contribution in [3.05, 3.63) is 29.8 Å². The first-order valence-corrected chi connectivity index (χ1v) is 10.1. The lowest BCUT2D eigenvalue weighted by Gasteiger charge is -2.36. The Labute approximate surface area is 153 Å². The maximum absolute atomic E-state index is 12.6. The van der Waals surface area contributed by atoms with E-state index in [4.69, 9.17) is 9.84 Å². The maximum Gasteiger partial charge on any atom is 0.305 e. The SMILES string of the molecule is CCCS(=O)(=O)Nc1cccc(C(=O)NC2(CC(=O)O)CCOCC2)c1. The summed E-state index contributed by atoms with van der Waals surface area (Å²) in [6.45, 7) is 2.52. The molecule has 9 heteroatoms. The average Bonchev–Trinajstić information content (AvgIpc) is 2.54. The third-order valence-corrected chi connectivity index (χ3v) is 5.68. The smallest absolute Gasteiger partial charge is 0.305 e. The molecule has 0 unspecified atom stereocenters. The molecule has 3 N–H and O–H groups in total. The minimum absolute atomic E-state index is 0.00878. The number of carboxylic acid groups (broad SMARTS) is 1. The van der Waals surface area contributed by atoms with Gasteiger partial charge in [-0.2, -0.15) is 0 Å². The minimum atomic E-state index is -3.46. The van der Waals surface area contributed by atoms with Crippen molar-refractivity contribution in [1.82, 2.24) is 5.32 Å².